The lowest BCUT2D eigenvalue weighted by Gasteiger charge is -2.16. The minimum absolute atomic E-state index is 0.152. The van der Waals surface area contributed by atoms with E-state index in [1.165, 1.54) is 24.8 Å². The van der Waals surface area contributed by atoms with Gasteiger partial charge in [-0.3, -0.25) is 0 Å². The van der Waals surface area contributed by atoms with E-state index in [4.69, 9.17) is 11.6 Å². The average Bonchev–Trinajstić information content (AvgIpc) is 2.77. The van der Waals surface area contributed by atoms with E-state index in [9.17, 15) is 0 Å². The molecule has 1 saturated carbocycles. The van der Waals surface area contributed by atoms with E-state index < -0.39 is 0 Å². The molecule has 1 unspecified atom stereocenters. The summed E-state index contributed by atoms with van der Waals surface area (Å²) in [6.45, 7) is 2.05. The second-order valence-corrected chi connectivity index (χ2v) is 5.37. The molecule has 3 atom stereocenters. The summed E-state index contributed by atoms with van der Waals surface area (Å²) in [6.07, 6.45) is 4.21. The fourth-order valence-electron chi connectivity index (χ4n) is 3.11. The van der Waals surface area contributed by atoms with Gasteiger partial charge < -0.3 is 0 Å². The number of halogens is 1. The predicted octanol–water partition coefficient (Wildman–Crippen LogP) is 4.35. The van der Waals surface area contributed by atoms with Crippen molar-refractivity contribution in [1.82, 2.24) is 0 Å². The van der Waals surface area contributed by atoms with Gasteiger partial charge in [0.25, 0.3) is 0 Å². The highest BCUT2D eigenvalue weighted by atomic mass is 35.5. The third kappa shape index (κ3) is 1.13. The van der Waals surface area contributed by atoms with Crippen LogP contribution in [0.5, 0.6) is 0 Å². The molecule has 1 fully saturated rings. The van der Waals surface area contributed by atoms with E-state index in [1.807, 2.05) is 0 Å². The molecule has 0 spiro atoms. The summed E-state index contributed by atoms with van der Waals surface area (Å²) in [7, 11) is 0. The summed E-state index contributed by atoms with van der Waals surface area (Å²) < 4.78 is 0. The third-order valence-electron chi connectivity index (χ3n) is 3.88. The van der Waals surface area contributed by atoms with Crippen LogP contribution in [-0.2, 0) is 0 Å². The molecule has 1 aromatic rings. The van der Waals surface area contributed by atoms with Gasteiger partial charge in [-0.25, -0.2) is 0 Å². The Kier molecular flexibility index (Phi) is 1.88. The van der Waals surface area contributed by atoms with Crippen molar-refractivity contribution in [2.45, 2.75) is 43.4 Å². The fraction of sp³-hybridized carbons (Fsp3) is 0.538. The Labute approximate surface area is 90.3 Å². The molecule has 1 aromatic carbocycles. The Morgan fingerprint density at radius 1 is 1.21 bits per heavy atom. The molecule has 0 heterocycles. The van der Waals surface area contributed by atoms with Crippen LogP contribution in [0.15, 0.2) is 18.2 Å². The first-order chi connectivity index (χ1) is 6.75. The first-order valence-corrected chi connectivity index (χ1v) is 5.97. The van der Waals surface area contributed by atoms with Crippen molar-refractivity contribution in [3.05, 3.63) is 34.9 Å². The zero-order valence-corrected chi connectivity index (χ0v) is 9.22. The number of fused-ring (bicyclic) bond motifs is 5. The van der Waals surface area contributed by atoms with Gasteiger partial charge in [-0.05, 0) is 54.7 Å². The first kappa shape index (κ1) is 8.79. The van der Waals surface area contributed by atoms with Gasteiger partial charge in [0.1, 0.15) is 0 Å². The SMILES string of the molecule is CC(Cl)c1ccc2c(c1)[C@@H]1CC[C@H]2C1. The van der Waals surface area contributed by atoms with E-state index >= 15 is 0 Å². The van der Waals surface area contributed by atoms with Crippen LogP contribution in [0.1, 0.15) is 60.1 Å². The molecule has 2 aliphatic rings. The molecule has 3 rings (SSSR count). The van der Waals surface area contributed by atoms with Crippen molar-refractivity contribution in [3.8, 4) is 0 Å². The molecule has 74 valence electrons. The van der Waals surface area contributed by atoms with Crippen molar-refractivity contribution < 1.29 is 0 Å². The fourth-order valence-corrected chi connectivity index (χ4v) is 3.25. The maximum Gasteiger partial charge on any atom is 0.0557 e. The lowest BCUT2D eigenvalue weighted by atomic mass is 9.90. The van der Waals surface area contributed by atoms with Crippen molar-refractivity contribution in [2.75, 3.05) is 0 Å². The highest BCUT2D eigenvalue weighted by Gasteiger charge is 2.36. The molecule has 0 saturated heterocycles. The smallest absolute Gasteiger partial charge is 0.0557 e. The number of rotatable bonds is 1. The van der Waals surface area contributed by atoms with Crippen molar-refractivity contribution in [3.63, 3.8) is 0 Å². The summed E-state index contributed by atoms with van der Waals surface area (Å²) >= 11 is 6.11. The van der Waals surface area contributed by atoms with Gasteiger partial charge in [0.2, 0.25) is 0 Å². The lowest BCUT2D eigenvalue weighted by molar-refractivity contribution is 0.716. The monoisotopic (exact) mass is 206 g/mol. The van der Waals surface area contributed by atoms with Crippen molar-refractivity contribution in [2.24, 2.45) is 0 Å². The van der Waals surface area contributed by atoms with Crippen LogP contribution in [0.3, 0.4) is 0 Å². The summed E-state index contributed by atoms with van der Waals surface area (Å²) in [4.78, 5) is 0. The van der Waals surface area contributed by atoms with Gasteiger partial charge >= 0.3 is 0 Å². The van der Waals surface area contributed by atoms with E-state index in [0.29, 0.717) is 0 Å². The second kappa shape index (κ2) is 3.00. The van der Waals surface area contributed by atoms with Crippen LogP contribution in [-0.4, -0.2) is 0 Å². The van der Waals surface area contributed by atoms with Crippen LogP contribution >= 0.6 is 11.6 Å². The lowest BCUT2D eigenvalue weighted by Crippen LogP contribution is -1.99. The normalized spacial score (nSPS) is 30.4. The average molecular weight is 207 g/mol. The van der Waals surface area contributed by atoms with Gasteiger partial charge in [-0.15, -0.1) is 11.6 Å². The Balaban J connectivity index is 2.08. The summed E-state index contributed by atoms with van der Waals surface area (Å²) in [5.74, 6) is 1.72. The van der Waals surface area contributed by atoms with Crippen LogP contribution in [0.2, 0.25) is 0 Å². The van der Waals surface area contributed by atoms with Crippen LogP contribution in [0.4, 0.5) is 0 Å². The molecular formula is C13H15Cl. The van der Waals surface area contributed by atoms with E-state index in [-0.39, 0.29) is 5.38 Å². The van der Waals surface area contributed by atoms with E-state index in [1.54, 1.807) is 11.1 Å². The molecule has 0 amide bonds. The number of hydrogen-bond acceptors (Lipinski definition) is 0. The number of alkyl halides is 1. The molecule has 2 aliphatic carbocycles. The van der Waals surface area contributed by atoms with Crippen LogP contribution < -0.4 is 0 Å². The van der Waals surface area contributed by atoms with Gasteiger partial charge in [0.05, 0.1) is 5.38 Å². The minimum Gasteiger partial charge on any atom is -0.118 e. The maximum atomic E-state index is 6.11. The molecule has 0 radical (unpaired) electrons. The molecule has 0 aromatic heterocycles. The van der Waals surface area contributed by atoms with Crippen molar-refractivity contribution in [1.29, 1.82) is 0 Å². The summed E-state index contributed by atoms with van der Waals surface area (Å²) in [5, 5.41) is 0.152. The Hall–Kier alpha value is -0.490. The zero-order chi connectivity index (χ0) is 9.71. The van der Waals surface area contributed by atoms with Gasteiger partial charge in [0.15, 0.2) is 0 Å². The maximum absolute atomic E-state index is 6.11. The standard InChI is InChI=1S/C13H15Cl/c1-8(14)9-4-5-12-10-2-3-11(6-10)13(12)7-9/h4-5,7-8,10-11H,2-3,6H2,1H3/t8?,10-,11+/m0/s1. The predicted molar refractivity (Wildman–Crippen MR) is 60.0 cm³/mol. The molecule has 0 aliphatic heterocycles. The Morgan fingerprint density at radius 2 is 1.93 bits per heavy atom. The zero-order valence-electron chi connectivity index (χ0n) is 8.46. The molecule has 14 heavy (non-hydrogen) atoms. The molecule has 1 heteroatoms. The highest BCUT2D eigenvalue weighted by Crippen LogP contribution is 2.53. The van der Waals surface area contributed by atoms with Gasteiger partial charge in [0, 0.05) is 0 Å². The van der Waals surface area contributed by atoms with Gasteiger partial charge in [-0.2, -0.15) is 0 Å². The van der Waals surface area contributed by atoms with Crippen LogP contribution in [0, 0.1) is 0 Å². The highest BCUT2D eigenvalue weighted by molar-refractivity contribution is 6.20. The Morgan fingerprint density at radius 3 is 2.64 bits per heavy atom. The van der Waals surface area contributed by atoms with Crippen molar-refractivity contribution >= 4 is 11.6 Å². The summed E-state index contributed by atoms with van der Waals surface area (Å²) in [6, 6.07) is 6.86. The van der Waals surface area contributed by atoms with Gasteiger partial charge in [-0.1, -0.05) is 18.2 Å². The topological polar surface area (TPSA) is 0 Å². The molecule has 2 bridgehead atoms. The largest absolute Gasteiger partial charge is 0.118 e. The first-order valence-electron chi connectivity index (χ1n) is 5.53. The third-order valence-corrected chi connectivity index (χ3v) is 4.13. The minimum atomic E-state index is 0.152. The second-order valence-electron chi connectivity index (χ2n) is 4.71. The Bertz CT molecular complexity index is 367. The molecule has 0 N–H and O–H groups in total. The van der Waals surface area contributed by atoms with E-state index in [0.717, 1.165) is 11.8 Å². The number of hydrogen-bond donors (Lipinski definition) is 0. The van der Waals surface area contributed by atoms with Crippen LogP contribution in [0.25, 0.3) is 0 Å². The molecular weight excluding hydrogens is 192 g/mol. The number of benzene rings is 1. The molecule has 0 nitrogen and oxygen atoms in total. The summed E-state index contributed by atoms with van der Waals surface area (Å²) in [5.41, 5.74) is 4.51. The quantitative estimate of drug-likeness (QED) is 0.600. The van der Waals surface area contributed by atoms with E-state index in [2.05, 4.69) is 25.1 Å².